The minimum Gasteiger partial charge on any atom is -0.466 e. The molecule has 0 fully saturated rings. The van der Waals surface area contributed by atoms with Crippen LogP contribution in [0.5, 0.6) is 0 Å². The number of hydrogen-bond donors (Lipinski definition) is 3. The van der Waals surface area contributed by atoms with E-state index in [2.05, 4.69) is 31.3 Å². The van der Waals surface area contributed by atoms with Crippen LogP contribution in [0.1, 0.15) is 226 Å². The summed E-state index contributed by atoms with van der Waals surface area (Å²) in [5.41, 5.74) is 0. The third kappa shape index (κ3) is 36.2. The van der Waals surface area contributed by atoms with E-state index in [1.807, 2.05) is 0 Å². The third-order valence-electron chi connectivity index (χ3n) is 9.81. The molecule has 0 aromatic rings. The summed E-state index contributed by atoms with van der Waals surface area (Å²) in [6.45, 7) is 4.83. The van der Waals surface area contributed by atoms with Crippen molar-refractivity contribution in [3.8, 4) is 0 Å². The molecule has 0 aromatic heterocycles. The van der Waals surface area contributed by atoms with Gasteiger partial charge in [0.05, 0.1) is 25.4 Å². The highest BCUT2D eigenvalue weighted by Crippen LogP contribution is 2.15. The molecule has 6 heteroatoms. The van der Waals surface area contributed by atoms with Gasteiger partial charge < -0.3 is 20.3 Å². The summed E-state index contributed by atoms with van der Waals surface area (Å²) in [7, 11) is 0. The van der Waals surface area contributed by atoms with Crippen LogP contribution < -0.4 is 5.32 Å². The minimum atomic E-state index is -0.691. The van der Waals surface area contributed by atoms with Gasteiger partial charge in [0.25, 0.3) is 0 Å². The van der Waals surface area contributed by atoms with Gasteiger partial charge in [0, 0.05) is 12.8 Å². The summed E-state index contributed by atoms with van der Waals surface area (Å²) >= 11 is 0. The molecule has 0 spiro atoms. The number of amides is 1. The topological polar surface area (TPSA) is 95.9 Å². The first-order valence-corrected chi connectivity index (χ1v) is 21.4. The van der Waals surface area contributed by atoms with Crippen LogP contribution in [-0.4, -0.2) is 47.4 Å². The van der Waals surface area contributed by atoms with Crippen molar-refractivity contribution in [2.24, 2.45) is 0 Å². The van der Waals surface area contributed by atoms with Crippen LogP contribution in [0, 0.1) is 0 Å². The van der Waals surface area contributed by atoms with Crippen molar-refractivity contribution in [3.63, 3.8) is 0 Å². The summed E-state index contributed by atoms with van der Waals surface area (Å²) in [6, 6.07) is -0.575. The van der Waals surface area contributed by atoms with Crippen molar-refractivity contribution in [3.05, 3.63) is 12.2 Å². The predicted molar refractivity (Wildman–Crippen MR) is 209 cm³/mol. The number of allylic oxidation sites excluding steroid dienone is 2. The number of esters is 1. The van der Waals surface area contributed by atoms with Crippen LogP contribution in [0.2, 0.25) is 0 Å². The molecule has 0 heterocycles. The number of carbonyl (C=O) groups is 2. The van der Waals surface area contributed by atoms with Gasteiger partial charge in [-0.25, -0.2) is 0 Å². The molecule has 0 aromatic carbocycles. The molecular weight excluding hydrogens is 610 g/mol. The number of unbranched alkanes of at least 4 members (excludes halogenated alkanes) is 26. The van der Waals surface area contributed by atoms with E-state index in [4.69, 9.17) is 4.74 Å². The lowest BCUT2D eigenvalue weighted by Gasteiger charge is -2.22. The molecule has 0 aliphatic heterocycles. The summed E-state index contributed by atoms with van der Waals surface area (Å²) in [6.07, 6.45) is 41.7. The van der Waals surface area contributed by atoms with Crippen LogP contribution in [0.25, 0.3) is 0 Å². The number of ether oxygens (including phenoxy) is 1. The molecular formula is C43H83NO5. The van der Waals surface area contributed by atoms with Gasteiger partial charge in [0.1, 0.15) is 0 Å². The Morgan fingerprint density at radius 1 is 0.551 bits per heavy atom. The van der Waals surface area contributed by atoms with E-state index in [0.29, 0.717) is 25.9 Å². The first-order valence-electron chi connectivity index (χ1n) is 21.4. The Bertz CT molecular complexity index is 727. The first kappa shape index (κ1) is 47.6. The zero-order valence-electron chi connectivity index (χ0n) is 32.7. The molecule has 0 aliphatic rings. The van der Waals surface area contributed by atoms with Gasteiger partial charge in [-0.1, -0.05) is 180 Å². The van der Waals surface area contributed by atoms with Crippen molar-refractivity contribution in [2.75, 3.05) is 13.2 Å². The molecule has 0 saturated heterocycles. The van der Waals surface area contributed by atoms with Crippen molar-refractivity contribution < 1.29 is 24.5 Å². The quantitative estimate of drug-likeness (QED) is 0.0338. The van der Waals surface area contributed by atoms with Crippen molar-refractivity contribution in [1.29, 1.82) is 0 Å². The minimum absolute atomic E-state index is 0.0358. The Kier molecular flexibility index (Phi) is 38.3. The Morgan fingerprint density at radius 2 is 0.980 bits per heavy atom. The van der Waals surface area contributed by atoms with Gasteiger partial charge in [0.15, 0.2) is 0 Å². The van der Waals surface area contributed by atoms with Crippen molar-refractivity contribution in [1.82, 2.24) is 5.32 Å². The summed E-state index contributed by atoms with van der Waals surface area (Å²) < 4.78 is 5.41. The Morgan fingerprint density at radius 3 is 1.49 bits per heavy atom. The van der Waals surface area contributed by atoms with E-state index in [1.165, 1.54) is 122 Å². The normalized spacial score (nSPS) is 12.8. The summed E-state index contributed by atoms with van der Waals surface area (Å²) in [5.74, 6) is -0.133. The monoisotopic (exact) mass is 694 g/mol. The number of aliphatic hydroxyl groups excluding tert-OH is 2. The van der Waals surface area contributed by atoms with E-state index in [1.54, 1.807) is 0 Å². The number of rotatable bonds is 39. The zero-order chi connectivity index (χ0) is 35.9. The lowest BCUT2D eigenvalue weighted by atomic mass is 10.0. The maximum absolute atomic E-state index is 12.3. The molecule has 0 aliphatic carbocycles. The predicted octanol–water partition coefficient (Wildman–Crippen LogP) is 11.8. The number of carbonyl (C=O) groups excluding carboxylic acids is 2. The fourth-order valence-corrected chi connectivity index (χ4v) is 6.46. The molecule has 3 N–H and O–H groups in total. The highest BCUT2D eigenvalue weighted by Gasteiger charge is 2.19. The lowest BCUT2D eigenvalue weighted by Crippen LogP contribution is -2.45. The van der Waals surface area contributed by atoms with Gasteiger partial charge in [-0.15, -0.1) is 0 Å². The van der Waals surface area contributed by atoms with E-state index in [-0.39, 0.29) is 18.5 Å². The molecule has 2 atom stereocenters. The summed E-state index contributed by atoms with van der Waals surface area (Å²) in [5, 5.41) is 23.0. The molecule has 0 rings (SSSR count). The Labute approximate surface area is 304 Å². The largest absolute Gasteiger partial charge is 0.466 e. The molecule has 290 valence electrons. The second kappa shape index (κ2) is 39.4. The standard InChI is InChI=1S/C43H83NO5/c1-3-5-7-9-11-13-15-17-21-25-29-33-37-43(48)49-38-34-30-26-22-18-20-24-28-32-36-42(47)44-40(39-45)41(46)35-31-27-23-19-16-14-12-10-8-6-4-2/h20,24,40-41,45-46H,3-19,21-23,25-39H2,1-2H3,(H,44,47)/b24-20-. The zero-order valence-corrected chi connectivity index (χ0v) is 32.7. The van der Waals surface area contributed by atoms with E-state index in [0.717, 1.165) is 70.6 Å². The van der Waals surface area contributed by atoms with Crippen LogP contribution in [0.15, 0.2) is 12.2 Å². The van der Waals surface area contributed by atoms with Crippen LogP contribution >= 0.6 is 0 Å². The third-order valence-corrected chi connectivity index (χ3v) is 9.81. The Hall–Kier alpha value is -1.40. The van der Waals surface area contributed by atoms with Gasteiger partial charge >= 0.3 is 5.97 Å². The summed E-state index contributed by atoms with van der Waals surface area (Å²) in [4.78, 5) is 24.3. The van der Waals surface area contributed by atoms with Gasteiger partial charge in [-0.3, -0.25) is 9.59 Å². The Balaban J connectivity index is 3.56. The van der Waals surface area contributed by atoms with Crippen LogP contribution in [0.4, 0.5) is 0 Å². The van der Waals surface area contributed by atoms with Gasteiger partial charge in [-0.2, -0.15) is 0 Å². The highest BCUT2D eigenvalue weighted by molar-refractivity contribution is 5.76. The van der Waals surface area contributed by atoms with Crippen LogP contribution in [0.3, 0.4) is 0 Å². The SMILES string of the molecule is CCCCCCCCCCCCCCC(=O)OCCCCCC/C=C\CCCC(=O)NC(CO)C(O)CCCCCCCCCCCCC. The van der Waals surface area contributed by atoms with Gasteiger partial charge in [0.2, 0.25) is 5.91 Å². The smallest absolute Gasteiger partial charge is 0.305 e. The lowest BCUT2D eigenvalue weighted by molar-refractivity contribution is -0.143. The fraction of sp³-hybridized carbons (Fsp3) is 0.907. The van der Waals surface area contributed by atoms with Crippen LogP contribution in [-0.2, 0) is 14.3 Å². The second-order valence-corrected chi connectivity index (χ2v) is 14.7. The van der Waals surface area contributed by atoms with E-state index in [9.17, 15) is 19.8 Å². The second-order valence-electron chi connectivity index (χ2n) is 14.7. The highest BCUT2D eigenvalue weighted by atomic mass is 16.5. The molecule has 2 unspecified atom stereocenters. The number of nitrogens with one attached hydrogen (secondary N) is 1. The average Bonchev–Trinajstić information content (AvgIpc) is 3.10. The maximum atomic E-state index is 12.3. The average molecular weight is 694 g/mol. The van der Waals surface area contributed by atoms with Gasteiger partial charge in [-0.05, 0) is 44.9 Å². The molecule has 49 heavy (non-hydrogen) atoms. The number of aliphatic hydroxyl groups is 2. The molecule has 0 bridgehead atoms. The van der Waals surface area contributed by atoms with Crippen molar-refractivity contribution >= 4 is 11.9 Å². The van der Waals surface area contributed by atoms with E-state index >= 15 is 0 Å². The molecule has 1 amide bonds. The number of hydrogen-bond acceptors (Lipinski definition) is 5. The molecule has 0 radical (unpaired) electrons. The maximum Gasteiger partial charge on any atom is 0.305 e. The molecule has 0 saturated carbocycles. The fourth-order valence-electron chi connectivity index (χ4n) is 6.46. The molecule has 6 nitrogen and oxygen atoms in total. The van der Waals surface area contributed by atoms with E-state index < -0.39 is 12.1 Å². The van der Waals surface area contributed by atoms with Crippen molar-refractivity contribution in [2.45, 2.75) is 238 Å². The first-order chi connectivity index (χ1) is 24.0.